The van der Waals surface area contributed by atoms with Crippen LogP contribution in [-0.2, 0) is 51.5 Å². The van der Waals surface area contributed by atoms with E-state index in [4.69, 9.17) is 28.0 Å². The molecule has 0 aromatic heterocycles. The summed E-state index contributed by atoms with van der Waals surface area (Å²) in [7, 11) is -10.8. The molecule has 448 valence electrons. The predicted molar refractivity (Wildman–Crippen MR) is 283 cm³/mol. The number of nitrogens with one attached hydrogen (secondary N) is 2. The molecule has 4 unspecified atom stereocenters. The Bertz CT molecular complexity index is 1640. The minimum Gasteiger partial charge on any atom is -0.462 e. The van der Waals surface area contributed by atoms with Gasteiger partial charge in [-0.3, -0.25) is 23.4 Å². The van der Waals surface area contributed by atoms with Gasteiger partial charge < -0.3 is 74.7 Å². The van der Waals surface area contributed by atoms with Crippen LogP contribution < -0.4 is 10.6 Å². The summed E-state index contributed by atoms with van der Waals surface area (Å²) in [6, 6.07) is -3.52. The minimum absolute atomic E-state index is 0.153. The molecular weight excluding hydrogens is 1030 g/mol. The Balaban J connectivity index is 2.20. The highest BCUT2D eigenvalue weighted by atomic mass is 31.2. The first kappa shape index (κ1) is 70.4. The summed E-state index contributed by atoms with van der Waals surface area (Å²) in [6.45, 7) is 4.65. The SMILES string of the molecule is CCCCCCCCCCCC(=O)O[C@@H](CCCCCCCCCCC)CC(=O)NC1[C@H](OCC2O[C@@H](OP(=O)(O)O)C(NC(=O)C[C@@H](O)CCCCCCCCCCC)[C@@H](O)[C@H]2O)OC(CO)[C@H](OP(=O)(O)O)[C@@H]1O. The van der Waals surface area contributed by atoms with Crippen molar-refractivity contribution < 1.29 is 96.6 Å². The predicted octanol–water partition coefficient (Wildman–Crippen LogP) is 6.90. The van der Waals surface area contributed by atoms with Crippen LogP contribution in [0.5, 0.6) is 0 Å². The third kappa shape index (κ3) is 31.3. The molecule has 24 heteroatoms. The van der Waals surface area contributed by atoms with Crippen molar-refractivity contribution in [2.75, 3.05) is 13.2 Å². The lowest BCUT2D eigenvalue weighted by atomic mass is 9.95. The van der Waals surface area contributed by atoms with Gasteiger partial charge in [-0.05, 0) is 25.7 Å². The van der Waals surface area contributed by atoms with Crippen LogP contribution in [0, 0.1) is 0 Å². The molecule has 0 aliphatic carbocycles. The Morgan fingerprint density at radius 3 is 1.42 bits per heavy atom. The number of unbranched alkanes of at least 4 members (excludes halogenated alkanes) is 24. The number of rotatable bonds is 45. The fourth-order valence-corrected chi connectivity index (χ4v) is 10.7. The summed E-state index contributed by atoms with van der Waals surface area (Å²) < 4.78 is 56.9. The second-order valence-electron chi connectivity index (χ2n) is 20.9. The number of carbonyl (C=O) groups is 3. The molecule has 2 fully saturated rings. The van der Waals surface area contributed by atoms with Gasteiger partial charge >= 0.3 is 21.6 Å². The summed E-state index contributed by atoms with van der Waals surface area (Å²) in [5, 5.41) is 59.7. The van der Waals surface area contributed by atoms with E-state index < -0.39 is 133 Å². The lowest BCUT2D eigenvalue weighted by Crippen LogP contribution is -2.67. The van der Waals surface area contributed by atoms with E-state index in [2.05, 4.69) is 31.4 Å². The minimum atomic E-state index is -5.42. The van der Waals surface area contributed by atoms with Gasteiger partial charge in [0.25, 0.3) is 0 Å². The van der Waals surface area contributed by atoms with Crippen molar-refractivity contribution in [3.63, 3.8) is 0 Å². The van der Waals surface area contributed by atoms with E-state index in [-0.39, 0.29) is 6.42 Å². The molecule has 0 saturated carbocycles. The Morgan fingerprint density at radius 1 is 0.526 bits per heavy atom. The van der Waals surface area contributed by atoms with Crippen LogP contribution >= 0.6 is 15.6 Å². The Labute approximate surface area is 452 Å². The third-order valence-corrected chi connectivity index (χ3v) is 15.0. The molecule has 2 aliphatic heterocycles. The average molecular weight is 1140 g/mol. The van der Waals surface area contributed by atoms with E-state index in [1.54, 1.807) is 0 Å². The second-order valence-corrected chi connectivity index (χ2v) is 23.3. The standard InChI is InChI=1S/C52H100N2O20P2/c1-4-7-10-13-16-19-22-25-28-31-38(56)34-42(57)53-45-48(61)47(60)41(72-52(45)74-76(66,67)68)37-69-51-46(49(62)50(40(36-55)71-51)73-75(63,64)65)54-43(58)35-39(32-29-26-23-20-17-14-11-8-5-2)70-44(59)33-30-27-24-21-18-15-12-9-6-3/h38-41,45-52,55-56,60-62H,4-37H2,1-3H3,(H,53,57)(H,54,58)(H2,63,64,65)(H2,66,67,68)/t38-,39-,40?,41?,45?,46?,47-,48+,49+,50-,51+,52-/m0/s1. The summed E-state index contributed by atoms with van der Waals surface area (Å²) >= 11 is 0. The first-order chi connectivity index (χ1) is 36.2. The largest absolute Gasteiger partial charge is 0.472 e. The van der Waals surface area contributed by atoms with Crippen LogP contribution in [0.25, 0.3) is 0 Å². The van der Waals surface area contributed by atoms with Crippen LogP contribution in [0.2, 0.25) is 0 Å². The lowest BCUT2D eigenvalue weighted by molar-refractivity contribution is -0.294. The number of amides is 2. The van der Waals surface area contributed by atoms with Gasteiger partial charge in [0, 0.05) is 6.42 Å². The van der Waals surface area contributed by atoms with Crippen LogP contribution in [-0.4, -0.2) is 150 Å². The zero-order chi connectivity index (χ0) is 56.4. The molecule has 0 radical (unpaired) electrons. The van der Waals surface area contributed by atoms with Crippen molar-refractivity contribution in [2.24, 2.45) is 0 Å². The number of aliphatic hydroxyl groups is 5. The lowest BCUT2D eigenvalue weighted by Gasteiger charge is -2.45. The van der Waals surface area contributed by atoms with Gasteiger partial charge in [0.2, 0.25) is 11.8 Å². The van der Waals surface area contributed by atoms with Crippen molar-refractivity contribution >= 4 is 33.4 Å². The average Bonchev–Trinajstić information content (AvgIpc) is 3.35. The van der Waals surface area contributed by atoms with E-state index in [0.29, 0.717) is 32.1 Å². The van der Waals surface area contributed by atoms with Crippen molar-refractivity contribution in [3.8, 4) is 0 Å². The maximum Gasteiger partial charge on any atom is 0.472 e. The van der Waals surface area contributed by atoms with Crippen LogP contribution in [0.15, 0.2) is 0 Å². The summed E-state index contributed by atoms with van der Waals surface area (Å²) in [5.74, 6) is -2.11. The Hall–Kier alpha value is -1.69. The summed E-state index contributed by atoms with van der Waals surface area (Å²) in [5.41, 5.74) is 0. The number of phosphoric acid groups is 2. The fourth-order valence-electron chi connectivity index (χ4n) is 9.70. The first-order valence-electron chi connectivity index (χ1n) is 28.7. The summed E-state index contributed by atoms with van der Waals surface area (Å²) in [6.07, 6.45) is 10.8. The van der Waals surface area contributed by atoms with Crippen molar-refractivity contribution in [1.29, 1.82) is 0 Å². The number of esters is 1. The van der Waals surface area contributed by atoms with E-state index in [1.807, 2.05) is 0 Å². The number of phosphoric ester groups is 2. The molecule has 76 heavy (non-hydrogen) atoms. The number of hydrogen-bond donors (Lipinski definition) is 11. The summed E-state index contributed by atoms with van der Waals surface area (Å²) in [4.78, 5) is 79.0. The van der Waals surface area contributed by atoms with Gasteiger partial charge in [0.1, 0.15) is 54.8 Å². The van der Waals surface area contributed by atoms with Gasteiger partial charge in [-0.15, -0.1) is 0 Å². The zero-order valence-corrected chi connectivity index (χ0v) is 47.7. The first-order valence-corrected chi connectivity index (χ1v) is 31.8. The van der Waals surface area contributed by atoms with Crippen molar-refractivity contribution in [1.82, 2.24) is 10.6 Å². The highest BCUT2D eigenvalue weighted by Gasteiger charge is 2.52. The third-order valence-electron chi connectivity index (χ3n) is 14.0. The highest BCUT2D eigenvalue weighted by molar-refractivity contribution is 7.46. The fraction of sp³-hybridized carbons (Fsp3) is 0.942. The van der Waals surface area contributed by atoms with Crippen LogP contribution in [0.4, 0.5) is 0 Å². The second kappa shape index (κ2) is 40.5. The molecule has 11 N–H and O–H groups in total. The topological polar surface area (TPSA) is 347 Å². The van der Waals surface area contributed by atoms with Crippen molar-refractivity contribution in [3.05, 3.63) is 0 Å². The van der Waals surface area contributed by atoms with Gasteiger partial charge in [-0.25, -0.2) is 9.13 Å². The molecule has 0 bridgehead atoms. The molecule has 2 heterocycles. The molecule has 2 amide bonds. The zero-order valence-electron chi connectivity index (χ0n) is 45.9. The normalized spacial score (nSPS) is 25.0. The van der Waals surface area contributed by atoms with E-state index >= 15 is 0 Å². The van der Waals surface area contributed by atoms with Gasteiger partial charge in [0.05, 0.1) is 32.2 Å². The number of aliphatic hydroxyl groups excluding tert-OH is 5. The van der Waals surface area contributed by atoms with E-state index in [0.717, 1.165) is 89.9 Å². The molecular formula is C52H100N2O20P2. The molecule has 0 spiro atoms. The quantitative estimate of drug-likeness (QED) is 0.0168. The molecule has 0 aromatic carbocycles. The van der Waals surface area contributed by atoms with Gasteiger partial charge in [-0.2, -0.15) is 0 Å². The molecule has 22 nitrogen and oxygen atoms in total. The van der Waals surface area contributed by atoms with Crippen LogP contribution in [0.3, 0.4) is 0 Å². The van der Waals surface area contributed by atoms with Crippen LogP contribution in [0.1, 0.15) is 226 Å². The molecule has 0 aromatic rings. The van der Waals surface area contributed by atoms with E-state index in [9.17, 15) is 68.6 Å². The number of ether oxygens (including phenoxy) is 4. The monoisotopic (exact) mass is 1130 g/mol. The van der Waals surface area contributed by atoms with E-state index in [1.165, 1.54) is 64.2 Å². The van der Waals surface area contributed by atoms with Gasteiger partial charge in [-0.1, -0.05) is 181 Å². The smallest absolute Gasteiger partial charge is 0.462 e. The number of hydrogen-bond acceptors (Lipinski definition) is 16. The van der Waals surface area contributed by atoms with Gasteiger partial charge in [0.15, 0.2) is 12.6 Å². The molecule has 12 atom stereocenters. The Morgan fingerprint density at radius 2 is 0.947 bits per heavy atom. The van der Waals surface area contributed by atoms with Crippen molar-refractivity contribution in [2.45, 2.75) is 300 Å². The number of carbonyl (C=O) groups excluding carboxylic acids is 3. The molecule has 2 rings (SSSR count). The maximum atomic E-state index is 13.9. The maximum absolute atomic E-state index is 13.9. The highest BCUT2D eigenvalue weighted by Crippen LogP contribution is 2.43. The molecule has 2 aliphatic rings. The Kier molecular flexibility index (Phi) is 37.5. The molecule has 2 saturated heterocycles.